The first-order chi connectivity index (χ1) is 26.8. The predicted molar refractivity (Wildman–Crippen MR) is 203 cm³/mol. The molecule has 0 aromatic rings. The Balaban J connectivity index is 0.00000585. The van der Waals surface area contributed by atoms with Crippen molar-refractivity contribution in [1.82, 2.24) is 6.15 Å². The largest absolute Gasteiger partial charge is 0.550 e. The van der Waals surface area contributed by atoms with Crippen LogP contribution in [0.25, 0.3) is 0 Å². The number of hydrogen-bond donors (Lipinski definition) is 8. The molecule has 0 amide bonds. The molecule has 0 aromatic carbocycles. The second-order valence-electron chi connectivity index (χ2n) is 20.6. The van der Waals surface area contributed by atoms with E-state index in [0.717, 1.165) is 24.8 Å². The third kappa shape index (κ3) is 6.72. The molecule has 17 nitrogen and oxygen atoms in total. The Hall–Kier alpha value is -2.58. The standard InChI is InChI=1S/C42H62O16.H3N/c1-37(2)21-8-11-42(7)31(20(43)16-18-19-17-39(4,36(53)54)13-12-38(19,3)14-15-41(18,42)6)40(21,5)10-9-22(37)55-35-30(26(47)25(46)29(57-35)33(51)52)58-34-27(48)23(44)24(45)28(56-34)32(49)50;/h16,19,21-31,34-35,44-48H,8-15,17H2,1-7H3,(H,49,50)(H,51,52)(H,53,54);1H3/t19?,21-,22?,23-,24-,25-,26-,27+,28-,29-,30+,31+,34-,35-,38?,39-,40?,41+,42?;/m0./s1. The Kier molecular flexibility index (Phi) is 11.7. The number of allylic oxidation sites excluding steroid dienone is 2. The second kappa shape index (κ2) is 15.1. The minimum atomic E-state index is -2.05. The van der Waals surface area contributed by atoms with Crippen LogP contribution in [0.2, 0.25) is 0 Å². The fourth-order valence-corrected chi connectivity index (χ4v) is 13.4. The highest BCUT2D eigenvalue weighted by molar-refractivity contribution is 5.95. The van der Waals surface area contributed by atoms with E-state index >= 15 is 0 Å². The van der Waals surface area contributed by atoms with Crippen molar-refractivity contribution in [2.75, 3.05) is 0 Å². The maximum absolute atomic E-state index is 14.8. The zero-order valence-electron chi connectivity index (χ0n) is 35.3. The number of aliphatic hydroxyl groups is 5. The number of aliphatic carboxylic acids is 3. The molecule has 4 saturated carbocycles. The number of carboxylic acid groups (broad SMARTS) is 3. The van der Waals surface area contributed by atoms with Crippen LogP contribution in [-0.2, 0) is 38.1 Å². The topological polar surface area (TPSA) is 306 Å². The van der Waals surface area contributed by atoms with Crippen molar-refractivity contribution in [3.8, 4) is 0 Å². The zero-order chi connectivity index (χ0) is 42.9. The van der Waals surface area contributed by atoms with Crippen LogP contribution >= 0.6 is 0 Å². The molecular formula is C42H65NO16. The molecule has 7 aliphatic rings. The third-order valence-electron chi connectivity index (χ3n) is 17.2. The zero-order valence-corrected chi connectivity index (χ0v) is 35.3. The van der Waals surface area contributed by atoms with Crippen molar-refractivity contribution in [3.05, 3.63) is 11.6 Å². The van der Waals surface area contributed by atoms with Gasteiger partial charge in [0.2, 0.25) is 0 Å². The van der Waals surface area contributed by atoms with Gasteiger partial charge < -0.3 is 70.7 Å². The Labute approximate surface area is 344 Å². The lowest BCUT2D eigenvalue weighted by Crippen LogP contribution is -2.68. The van der Waals surface area contributed by atoms with Crippen LogP contribution < -0.4 is 11.3 Å². The molecule has 19 atom stereocenters. The molecule has 0 radical (unpaired) electrons. The molecule has 0 spiro atoms. The summed E-state index contributed by atoms with van der Waals surface area (Å²) in [6, 6.07) is 0. The lowest BCUT2D eigenvalue weighted by molar-refractivity contribution is -0.371. The maximum atomic E-state index is 14.8. The van der Waals surface area contributed by atoms with Crippen molar-refractivity contribution >= 4 is 23.7 Å². The Morgan fingerprint density at radius 2 is 1.31 bits per heavy atom. The number of ether oxygens (including phenoxy) is 4. The molecule has 5 aliphatic carbocycles. The van der Waals surface area contributed by atoms with Gasteiger partial charge in [0.25, 0.3) is 0 Å². The fourth-order valence-electron chi connectivity index (χ4n) is 13.4. The summed E-state index contributed by atoms with van der Waals surface area (Å²) in [4.78, 5) is 51.2. The van der Waals surface area contributed by atoms with Crippen LogP contribution in [0.3, 0.4) is 0 Å². The quantitative estimate of drug-likeness (QED) is 0.168. The summed E-state index contributed by atoms with van der Waals surface area (Å²) in [5.74, 6) is -4.80. The van der Waals surface area contributed by atoms with E-state index in [2.05, 4.69) is 27.7 Å². The highest BCUT2D eigenvalue weighted by Gasteiger charge is 2.70. The molecule has 6 fully saturated rings. The SMILES string of the molecule is CC12CC[C@](C)(C(=O)[O-])CC1C1=CC(=O)[C@@H]3C4(C)CCC(O[C@H]5O[C@H](C(=O)O)[C@@H](O)[C@H](O)[C@H]5O[C@@H]5O[C@H](C(=O)O)[C@@H](O)[C@H](O)[C@H]5O)C(C)(C)[C@@H]4CCC3(C)[C@]1(C)CC2.[NH4+]. The lowest BCUT2D eigenvalue weighted by atomic mass is 9.33. The molecule has 59 heavy (non-hydrogen) atoms. The first-order valence-corrected chi connectivity index (χ1v) is 20.7. The molecule has 5 unspecified atom stereocenters. The molecule has 11 N–H and O–H groups in total. The molecule has 334 valence electrons. The molecule has 2 aliphatic heterocycles. The highest BCUT2D eigenvalue weighted by Crippen LogP contribution is 2.75. The van der Waals surface area contributed by atoms with Crippen LogP contribution in [0, 0.1) is 50.2 Å². The van der Waals surface area contributed by atoms with Gasteiger partial charge in [-0.25, -0.2) is 9.59 Å². The van der Waals surface area contributed by atoms with Gasteiger partial charge >= 0.3 is 11.9 Å². The number of ketones is 1. The predicted octanol–water partition coefficient (Wildman–Crippen LogP) is 1.29. The summed E-state index contributed by atoms with van der Waals surface area (Å²) in [5.41, 5.74) is -2.03. The molecule has 2 saturated heterocycles. The van der Waals surface area contributed by atoms with Crippen molar-refractivity contribution in [1.29, 1.82) is 0 Å². The van der Waals surface area contributed by atoms with Crippen LogP contribution in [0.1, 0.15) is 106 Å². The first-order valence-electron chi connectivity index (χ1n) is 20.7. The highest BCUT2D eigenvalue weighted by atomic mass is 16.8. The minimum absolute atomic E-state index is 0. The maximum Gasteiger partial charge on any atom is 0.335 e. The molecule has 0 aromatic heterocycles. The third-order valence-corrected chi connectivity index (χ3v) is 17.2. The van der Waals surface area contributed by atoms with Gasteiger partial charge in [0.1, 0.15) is 36.6 Å². The summed E-state index contributed by atoms with van der Waals surface area (Å²) in [7, 11) is 0. The van der Waals surface area contributed by atoms with Gasteiger partial charge in [0, 0.05) is 17.3 Å². The van der Waals surface area contributed by atoms with Gasteiger partial charge in [-0.05, 0) is 103 Å². The van der Waals surface area contributed by atoms with Gasteiger partial charge in [0.05, 0.1) is 6.10 Å². The van der Waals surface area contributed by atoms with Crippen molar-refractivity contribution < 1.29 is 79.0 Å². The van der Waals surface area contributed by atoms with Crippen molar-refractivity contribution in [3.63, 3.8) is 0 Å². The average Bonchev–Trinajstić information content (AvgIpc) is 3.13. The molecule has 2 heterocycles. The number of rotatable bonds is 7. The van der Waals surface area contributed by atoms with E-state index in [1.54, 1.807) is 6.92 Å². The van der Waals surface area contributed by atoms with E-state index < -0.39 is 107 Å². The van der Waals surface area contributed by atoms with Crippen LogP contribution in [-0.4, -0.2) is 127 Å². The Bertz CT molecular complexity index is 1740. The second-order valence-corrected chi connectivity index (χ2v) is 20.6. The summed E-state index contributed by atoms with van der Waals surface area (Å²) >= 11 is 0. The van der Waals surface area contributed by atoms with Crippen LogP contribution in [0.5, 0.6) is 0 Å². The number of aliphatic hydroxyl groups excluding tert-OH is 5. The molecule has 0 bridgehead atoms. The van der Waals surface area contributed by atoms with Gasteiger partial charge in [-0.15, -0.1) is 0 Å². The van der Waals surface area contributed by atoms with Crippen molar-refractivity contribution in [2.24, 2.45) is 50.2 Å². The van der Waals surface area contributed by atoms with Crippen LogP contribution in [0.15, 0.2) is 11.6 Å². The number of carboxylic acids is 3. The number of carbonyl (C=O) groups is 4. The molecular weight excluding hydrogens is 774 g/mol. The van der Waals surface area contributed by atoms with Gasteiger partial charge in [-0.1, -0.05) is 54.0 Å². The minimum Gasteiger partial charge on any atom is -0.550 e. The number of carbonyl (C=O) groups excluding carboxylic acids is 2. The Morgan fingerprint density at radius 3 is 1.90 bits per heavy atom. The number of quaternary nitrogens is 1. The van der Waals surface area contributed by atoms with Gasteiger partial charge in [-0.3, -0.25) is 4.79 Å². The van der Waals surface area contributed by atoms with E-state index in [0.29, 0.717) is 38.5 Å². The fraction of sp³-hybridized carbons (Fsp3) is 0.857. The first kappa shape index (κ1) is 45.9. The summed E-state index contributed by atoms with van der Waals surface area (Å²) < 4.78 is 23.4. The molecule has 7 rings (SSSR count). The summed E-state index contributed by atoms with van der Waals surface area (Å²) in [6.07, 6.45) is -12.5. The van der Waals surface area contributed by atoms with E-state index in [-0.39, 0.29) is 40.5 Å². The van der Waals surface area contributed by atoms with E-state index in [1.807, 2.05) is 19.9 Å². The monoisotopic (exact) mass is 839 g/mol. The van der Waals surface area contributed by atoms with Gasteiger partial charge in [-0.2, -0.15) is 0 Å². The molecule has 17 heteroatoms. The number of fused-ring (bicyclic) bond motifs is 7. The van der Waals surface area contributed by atoms with E-state index in [9.17, 15) is 60.0 Å². The number of hydrogen-bond acceptors (Lipinski definition) is 14. The Morgan fingerprint density at radius 1 is 0.729 bits per heavy atom. The smallest absolute Gasteiger partial charge is 0.335 e. The summed E-state index contributed by atoms with van der Waals surface area (Å²) in [5, 5.41) is 85.1. The van der Waals surface area contributed by atoms with Crippen LogP contribution in [0.4, 0.5) is 0 Å². The summed E-state index contributed by atoms with van der Waals surface area (Å²) in [6.45, 7) is 14.7. The normalized spacial score (nSPS) is 51.7. The van der Waals surface area contributed by atoms with E-state index in [4.69, 9.17) is 18.9 Å². The van der Waals surface area contributed by atoms with E-state index in [1.165, 1.54) is 0 Å². The lowest BCUT2D eigenvalue weighted by Gasteiger charge is -2.70. The van der Waals surface area contributed by atoms with Gasteiger partial charge in [0.15, 0.2) is 30.6 Å². The average molecular weight is 840 g/mol. The van der Waals surface area contributed by atoms with Crippen molar-refractivity contribution in [2.45, 2.75) is 174 Å².